The molecule has 4 aliphatic rings. The number of benzene rings is 2. The Hall–Kier alpha value is -2.61. The number of hydrogen-bond donors (Lipinski definition) is 2. The third-order valence-electron chi connectivity index (χ3n) is 8.22. The summed E-state index contributed by atoms with van der Waals surface area (Å²) in [6.07, 6.45) is 7.64. The van der Waals surface area contributed by atoms with Crippen LogP contribution in [0.15, 0.2) is 53.4 Å². The molecule has 2 N–H and O–H groups in total. The molecule has 4 fully saturated rings. The summed E-state index contributed by atoms with van der Waals surface area (Å²) in [6.45, 7) is 1.78. The van der Waals surface area contributed by atoms with Crippen LogP contribution in [0.1, 0.15) is 55.8 Å². The minimum absolute atomic E-state index is 0.0669. The maximum absolute atomic E-state index is 12.8. The third kappa shape index (κ3) is 5.53. The number of para-hydroxylation sites is 1. The number of nitrogens with one attached hydrogen (secondary N) is 2. The van der Waals surface area contributed by atoms with Crippen LogP contribution in [0.5, 0.6) is 0 Å². The smallest absolute Gasteiger partial charge is 0.340 e. The molecular formula is C28H32F2N2O3S. The Balaban J connectivity index is 1.16. The Kier molecular flexibility index (Phi) is 7.24. The number of carbonyl (C=O) groups excluding carboxylic acids is 2. The van der Waals surface area contributed by atoms with Crippen LogP contribution in [0.25, 0.3) is 0 Å². The molecule has 5 nitrogen and oxygen atoms in total. The molecule has 0 aliphatic heterocycles. The number of carbonyl (C=O) groups is 2. The van der Waals surface area contributed by atoms with Crippen LogP contribution in [0.4, 0.5) is 20.2 Å². The Morgan fingerprint density at radius 2 is 1.61 bits per heavy atom. The van der Waals surface area contributed by atoms with Gasteiger partial charge in [0.25, 0.3) is 11.7 Å². The van der Waals surface area contributed by atoms with E-state index in [0.29, 0.717) is 33.6 Å². The number of esters is 1. The van der Waals surface area contributed by atoms with Crippen molar-refractivity contribution in [1.29, 1.82) is 0 Å². The molecule has 0 heterocycles. The highest BCUT2D eigenvalue weighted by molar-refractivity contribution is 7.99. The summed E-state index contributed by atoms with van der Waals surface area (Å²) in [4.78, 5) is 26.0. The SMILES string of the molecule is C[C@H](NC(=O)COC(=O)c1ccccc1Nc1ccc(SC(F)F)cc1)C12CC3CC(CC(C3)C1)C2. The molecule has 0 spiro atoms. The summed E-state index contributed by atoms with van der Waals surface area (Å²) < 4.78 is 30.5. The van der Waals surface area contributed by atoms with Gasteiger partial charge in [-0.3, -0.25) is 4.79 Å². The van der Waals surface area contributed by atoms with Gasteiger partial charge >= 0.3 is 5.97 Å². The van der Waals surface area contributed by atoms with E-state index in [9.17, 15) is 18.4 Å². The van der Waals surface area contributed by atoms with Gasteiger partial charge in [0.05, 0.1) is 11.3 Å². The minimum Gasteiger partial charge on any atom is -0.452 e. The van der Waals surface area contributed by atoms with E-state index in [-0.39, 0.29) is 24.0 Å². The van der Waals surface area contributed by atoms with Crippen LogP contribution in [-0.2, 0) is 9.53 Å². The number of ether oxygens (including phenoxy) is 1. The molecule has 4 bridgehead atoms. The molecule has 192 valence electrons. The van der Waals surface area contributed by atoms with Crippen molar-refractivity contribution in [3.8, 4) is 0 Å². The van der Waals surface area contributed by atoms with Gasteiger partial charge in [-0.1, -0.05) is 23.9 Å². The quantitative estimate of drug-likeness (QED) is 0.291. The van der Waals surface area contributed by atoms with Crippen LogP contribution < -0.4 is 10.6 Å². The fourth-order valence-electron chi connectivity index (χ4n) is 7.00. The second-order valence-electron chi connectivity index (χ2n) is 10.7. The molecule has 36 heavy (non-hydrogen) atoms. The van der Waals surface area contributed by atoms with E-state index < -0.39 is 11.7 Å². The van der Waals surface area contributed by atoms with E-state index in [2.05, 4.69) is 17.6 Å². The zero-order chi connectivity index (χ0) is 25.3. The third-order valence-corrected chi connectivity index (χ3v) is 8.94. The number of hydrogen-bond acceptors (Lipinski definition) is 5. The Morgan fingerprint density at radius 3 is 2.22 bits per heavy atom. The van der Waals surface area contributed by atoms with Crippen molar-refractivity contribution in [1.82, 2.24) is 5.32 Å². The fourth-order valence-corrected chi connectivity index (χ4v) is 7.50. The molecule has 0 saturated heterocycles. The molecule has 6 rings (SSSR count). The number of halogens is 2. The zero-order valence-electron chi connectivity index (χ0n) is 20.3. The summed E-state index contributed by atoms with van der Waals surface area (Å²) in [6, 6.07) is 13.5. The Bertz CT molecular complexity index is 1070. The van der Waals surface area contributed by atoms with Crippen LogP contribution in [0.2, 0.25) is 0 Å². The summed E-state index contributed by atoms with van der Waals surface area (Å²) in [5, 5.41) is 6.26. The normalized spacial score (nSPS) is 27.1. The van der Waals surface area contributed by atoms with Crippen molar-refractivity contribution < 1.29 is 23.1 Å². The number of rotatable bonds is 9. The first-order chi connectivity index (χ1) is 17.3. The standard InChI is InChI=1S/C28H32F2N2O3S/c1-17(28-13-18-10-19(14-28)12-20(11-18)15-28)31-25(33)16-35-26(34)23-4-2-3-5-24(23)32-21-6-8-22(9-7-21)36-27(29)30/h2-9,17-20,27,32H,10-16H2,1H3,(H,31,33)/t17-,18?,19?,20?,28?/m0/s1. The van der Waals surface area contributed by atoms with Gasteiger partial charge in [0.1, 0.15) is 0 Å². The number of anilines is 2. The van der Waals surface area contributed by atoms with E-state index >= 15 is 0 Å². The van der Waals surface area contributed by atoms with Crippen LogP contribution in [0, 0.1) is 23.2 Å². The van der Waals surface area contributed by atoms with Crippen LogP contribution >= 0.6 is 11.8 Å². The molecular weight excluding hydrogens is 482 g/mol. The maximum Gasteiger partial charge on any atom is 0.340 e. The summed E-state index contributed by atoms with van der Waals surface area (Å²) >= 11 is 0.477. The molecule has 8 heteroatoms. The molecule has 2 aromatic rings. The van der Waals surface area contributed by atoms with Crippen molar-refractivity contribution in [3.05, 3.63) is 54.1 Å². The highest BCUT2D eigenvalue weighted by atomic mass is 32.2. The van der Waals surface area contributed by atoms with Crippen LogP contribution in [-0.4, -0.2) is 30.3 Å². The lowest BCUT2D eigenvalue weighted by molar-refractivity contribution is -0.128. The Morgan fingerprint density at radius 1 is 1.00 bits per heavy atom. The number of amides is 1. The topological polar surface area (TPSA) is 67.4 Å². The van der Waals surface area contributed by atoms with E-state index in [4.69, 9.17) is 4.74 Å². The molecule has 0 unspecified atom stereocenters. The van der Waals surface area contributed by atoms with E-state index in [1.165, 1.54) is 38.5 Å². The highest BCUT2D eigenvalue weighted by Crippen LogP contribution is 2.61. The molecule has 4 aliphatic carbocycles. The average molecular weight is 515 g/mol. The van der Waals surface area contributed by atoms with Gasteiger partial charge in [-0.15, -0.1) is 0 Å². The van der Waals surface area contributed by atoms with Gasteiger partial charge < -0.3 is 15.4 Å². The number of thioether (sulfide) groups is 1. The van der Waals surface area contributed by atoms with Gasteiger partial charge in [-0.25, -0.2) is 4.79 Å². The molecule has 4 saturated carbocycles. The zero-order valence-corrected chi connectivity index (χ0v) is 21.2. The van der Waals surface area contributed by atoms with E-state index in [1.807, 2.05) is 0 Å². The summed E-state index contributed by atoms with van der Waals surface area (Å²) in [5.41, 5.74) is 1.65. The van der Waals surface area contributed by atoms with Gasteiger partial charge in [0, 0.05) is 16.6 Å². The lowest BCUT2D eigenvalue weighted by Gasteiger charge is -2.59. The van der Waals surface area contributed by atoms with E-state index in [0.717, 1.165) is 17.8 Å². The monoisotopic (exact) mass is 514 g/mol. The predicted molar refractivity (Wildman–Crippen MR) is 137 cm³/mol. The second kappa shape index (κ2) is 10.4. The molecule has 0 aromatic heterocycles. The van der Waals surface area contributed by atoms with Crippen molar-refractivity contribution in [2.45, 2.75) is 62.1 Å². The Labute approximate surface area is 214 Å². The van der Waals surface area contributed by atoms with Gasteiger partial charge in [-0.05, 0) is 105 Å². The minimum atomic E-state index is -2.48. The van der Waals surface area contributed by atoms with Gasteiger partial charge in [0.15, 0.2) is 6.61 Å². The lowest BCUT2D eigenvalue weighted by Crippen LogP contribution is -2.56. The average Bonchev–Trinajstić information content (AvgIpc) is 2.83. The van der Waals surface area contributed by atoms with Gasteiger partial charge in [-0.2, -0.15) is 8.78 Å². The van der Waals surface area contributed by atoms with Crippen molar-refractivity contribution in [2.75, 3.05) is 11.9 Å². The molecule has 1 amide bonds. The van der Waals surface area contributed by atoms with Crippen molar-refractivity contribution >= 4 is 35.0 Å². The summed E-state index contributed by atoms with van der Waals surface area (Å²) in [7, 11) is 0. The first kappa shape index (κ1) is 25.1. The second-order valence-corrected chi connectivity index (χ2v) is 11.8. The highest BCUT2D eigenvalue weighted by Gasteiger charge is 2.53. The van der Waals surface area contributed by atoms with Crippen LogP contribution in [0.3, 0.4) is 0 Å². The maximum atomic E-state index is 12.8. The van der Waals surface area contributed by atoms with Crippen molar-refractivity contribution in [2.24, 2.45) is 23.2 Å². The first-order valence-corrected chi connectivity index (χ1v) is 13.5. The fraction of sp³-hybridized carbons (Fsp3) is 0.500. The predicted octanol–water partition coefficient (Wildman–Crippen LogP) is 6.62. The largest absolute Gasteiger partial charge is 0.452 e. The molecule has 0 radical (unpaired) electrons. The van der Waals surface area contributed by atoms with E-state index in [1.54, 1.807) is 48.5 Å². The lowest BCUT2D eigenvalue weighted by atomic mass is 9.48. The van der Waals surface area contributed by atoms with Gasteiger partial charge in [0.2, 0.25) is 0 Å². The molecule has 2 aromatic carbocycles. The first-order valence-electron chi connectivity index (χ1n) is 12.7. The molecule has 1 atom stereocenters. The number of alkyl halides is 2. The summed E-state index contributed by atoms with van der Waals surface area (Å²) in [5.74, 6) is -0.943. The van der Waals surface area contributed by atoms with Crippen molar-refractivity contribution in [3.63, 3.8) is 0 Å².